The second-order valence-corrected chi connectivity index (χ2v) is 10.4. The van der Waals surface area contributed by atoms with Crippen LogP contribution in [0.3, 0.4) is 0 Å². The van der Waals surface area contributed by atoms with Crippen molar-refractivity contribution in [2.75, 3.05) is 0 Å². The summed E-state index contributed by atoms with van der Waals surface area (Å²) in [5.41, 5.74) is 0.417. The number of esters is 3. The van der Waals surface area contributed by atoms with Gasteiger partial charge in [0.25, 0.3) is 0 Å². The monoisotopic (exact) mass is 490 g/mol. The molecule has 0 amide bonds. The van der Waals surface area contributed by atoms with Crippen molar-refractivity contribution in [1.29, 1.82) is 0 Å². The molecule has 0 radical (unpaired) electrons. The molecule has 0 aromatic carbocycles. The molecule has 2 saturated heterocycles. The summed E-state index contributed by atoms with van der Waals surface area (Å²) < 4.78 is 29.2. The zero-order chi connectivity index (χ0) is 26.3. The SMILES string of the molecule is C=C(C(CC1OC1(C)C)OC(=O)C(C)=CC)C1CC2OC2(C)C(OC(=O)C(C)=CC)C1OC(C)=O. The molecular formula is C27H38O8. The molecule has 3 rings (SSSR count). The molecule has 194 valence electrons. The first-order chi connectivity index (χ1) is 16.2. The quantitative estimate of drug-likeness (QED) is 0.157. The zero-order valence-electron chi connectivity index (χ0n) is 22.0. The van der Waals surface area contributed by atoms with Gasteiger partial charge in [0.15, 0.2) is 6.10 Å². The minimum atomic E-state index is -0.838. The van der Waals surface area contributed by atoms with Crippen LogP contribution in [0.15, 0.2) is 35.5 Å². The molecule has 2 aliphatic heterocycles. The van der Waals surface area contributed by atoms with E-state index in [1.54, 1.807) is 39.8 Å². The van der Waals surface area contributed by atoms with Crippen LogP contribution in [0.5, 0.6) is 0 Å². The number of fused-ring (bicyclic) bond motifs is 1. The fourth-order valence-corrected chi connectivity index (χ4v) is 4.63. The Bertz CT molecular complexity index is 960. The highest BCUT2D eigenvalue weighted by Gasteiger charge is 2.68. The van der Waals surface area contributed by atoms with E-state index in [1.807, 2.05) is 20.8 Å². The van der Waals surface area contributed by atoms with Gasteiger partial charge in [0.05, 0.1) is 17.8 Å². The molecule has 8 nitrogen and oxygen atoms in total. The molecule has 0 aromatic heterocycles. The molecule has 0 bridgehead atoms. The van der Waals surface area contributed by atoms with Gasteiger partial charge in [-0.1, -0.05) is 18.7 Å². The highest BCUT2D eigenvalue weighted by molar-refractivity contribution is 5.88. The molecule has 0 aromatic rings. The van der Waals surface area contributed by atoms with E-state index in [-0.39, 0.29) is 17.8 Å². The Hall–Kier alpha value is -2.45. The summed E-state index contributed by atoms with van der Waals surface area (Å²) >= 11 is 0. The van der Waals surface area contributed by atoms with Crippen molar-refractivity contribution in [2.24, 2.45) is 5.92 Å². The second kappa shape index (κ2) is 9.90. The largest absolute Gasteiger partial charge is 0.458 e. The lowest BCUT2D eigenvalue weighted by Crippen LogP contribution is -2.54. The van der Waals surface area contributed by atoms with E-state index >= 15 is 0 Å². The lowest BCUT2D eigenvalue weighted by Gasteiger charge is -2.40. The van der Waals surface area contributed by atoms with Gasteiger partial charge in [-0.2, -0.15) is 0 Å². The van der Waals surface area contributed by atoms with Gasteiger partial charge in [-0.05, 0) is 60.5 Å². The van der Waals surface area contributed by atoms with Crippen LogP contribution in [0.25, 0.3) is 0 Å². The van der Waals surface area contributed by atoms with Crippen LogP contribution in [-0.2, 0) is 38.1 Å². The molecule has 2 heterocycles. The third-order valence-corrected chi connectivity index (χ3v) is 7.48. The molecule has 0 spiro atoms. The smallest absolute Gasteiger partial charge is 0.333 e. The first-order valence-corrected chi connectivity index (χ1v) is 12.1. The zero-order valence-corrected chi connectivity index (χ0v) is 22.0. The van der Waals surface area contributed by atoms with Gasteiger partial charge in [-0.15, -0.1) is 0 Å². The Balaban J connectivity index is 1.91. The van der Waals surface area contributed by atoms with Crippen molar-refractivity contribution >= 4 is 17.9 Å². The van der Waals surface area contributed by atoms with Crippen LogP contribution in [0.4, 0.5) is 0 Å². The third-order valence-electron chi connectivity index (χ3n) is 7.48. The molecule has 1 aliphatic carbocycles. The summed E-state index contributed by atoms with van der Waals surface area (Å²) in [4.78, 5) is 37.5. The predicted molar refractivity (Wildman–Crippen MR) is 128 cm³/mol. The molecule has 0 N–H and O–H groups in total. The normalized spacial score (nSPS) is 34.2. The van der Waals surface area contributed by atoms with Gasteiger partial charge in [0.2, 0.25) is 0 Å². The molecule has 7 unspecified atom stereocenters. The Morgan fingerprint density at radius 2 is 1.57 bits per heavy atom. The predicted octanol–water partition coefficient (Wildman–Crippen LogP) is 3.98. The summed E-state index contributed by atoms with van der Waals surface area (Å²) in [5.74, 6) is -1.91. The fraction of sp³-hybridized carbons (Fsp3) is 0.667. The standard InChI is InChI=1S/C27H38O8/c1-10-14(3)24(29)32-19(13-20-26(7,8)34-20)16(5)18-12-21-27(9,35-21)23(22(18)31-17(6)28)33-25(30)15(4)11-2/h10-11,18-23H,5,12-13H2,1-4,6-9H3. The number of hydrogen-bond acceptors (Lipinski definition) is 8. The Labute approximate surface area is 207 Å². The van der Waals surface area contributed by atoms with Gasteiger partial charge in [0.1, 0.15) is 17.8 Å². The fourth-order valence-electron chi connectivity index (χ4n) is 4.63. The van der Waals surface area contributed by atoms with Gasteiger partial charge in [-0.3, -0.25) is 4.79 Å². The highest BCUT2D eigenvalue weighted by Crippen LogP contribution is 2.54. The minimum Gasteiger partial charge on any atom is -0.458 e. The number of allylic oxidation sites excluding steroid dienone is 2. The number of epoxide rings is 2. The van der Waals surface area contributed by atoms with E-state index in [4.69, 9.17) is 23.7 Å². The van der Waals surface area contributed by atoms with E-state index in [1.165, 1.54) is 6.92 Å². The molecule has 3 fully saturated rings. The number of ether oxygens (including phenoxy) is 5. The number of rotatable bonds is 9. The van der Waals surface area contributed by atoms with E-state index in [0.717, 1.165) is 0 Å². The maximum Gasteiger partial charge on any atom is 0.333 e. The molecule has 1 saturated carbocycles. The van der Waals surface area contributed by atoms with Crippen LogP contribution in [-0.4, -0.2) is 59.6 Å². The first kappa shape index (κ1) is 27.1. The number of carbonyl (C=O) groups excluding carboxylic acids is 3. The topological polar surface area (TPSA) is 104 Å². The first-order valence-electron chi connectivity index (χ1n) is 12.1. The lowest BCUT2D eigenvalue weighted by molar-refractivity contribution is -0.176. The van der Waals surface area contributed by atoms with E-state index in [9.17, 15) is 14.4 Å². The van der Waals surface area contributed by atoms with Crippen LogP contribution in [0.2, 0.25) is 0 Å². The summed E-state index contributed by atoms with van der Waals surface area (Å²) in [7, 11) is 0. The van der Waals surface area contributed by atoms with Crippen LogP contribution >= 0.6 is 0 Å². The van der Waals surface area contributed by atoms with Crippen LogP contribution < -0.4 is 0 Å². The van der Waals surface area contributed by atoms with Gasteiger partial charge < -0.3 is 23.7 Å². The van der Waals surface area contributed by atoms with Crippen molar-refractivity contribution in [3.8, 4) is 0 Å². The molecular weight excluding hydrogens is 452 g/mol. The van der Waals surface area contributed by atoms with E-state index < -0.39 is 47.7 Å². The maximum atomic E-state index is 12.7. The summed E-state index contributed by atoms with van der Waals surface area (Å²) in [6, 6.07) is 0. The summed E-state index contributed by atoms with van der Waals surface area (Å²) in [6.07, 6.45) is 1.60. The Morgan fingerprint density at radius 3 is 2.09 bits per heavy atom. The van der Waals surface area contributed by atoms with Crippen molar-refractivity contribution in [1.82, 2.24) is 0 Å². The summed E-state index contributed by atoms with van der Waals surface area (Å²) in [6.45, 7) is 18.3. The molecule has 3 aliphatic rings. The third kappa shape index (κ3) is 5.70. The summed E-state index contributed by atoms with van der Waals surface area (Å²) in [5, 5.41) is 0. The van der Waals surface area contributed by atoms with E-state index in [2.05, 4.69) is 6.58 Å². The van der Waals surface area contributed by atoms with Gasteiger partial charge in [0, 0.05) is 30.4 Å². The van der Waals surface area contributed by atoms with Crippen molar-refractivity contribution in [2.45, 2.75) is 110 Å². The maximum absolute atomic E-state index is 12.7. The molecule has 8 heteroatoms. The van der Waals surface area contributed by atoms with Crippen molar-refractivity contribution in [3.63, 3.8) is 0 Å². The van der Waals surface area contributed by atoms with Crippen LogP contribution in [0, 0.1) is 5.92 Å². The average molecular weight is 491 g/mol. The van der Waals surface area contributed by atoms with Crippen molar-refractivity contribution < 1.29 is 38.1 Å². The molecule has 35 heavy (non-hydrogen) atoms. The average Bonchev–Trinajstić information content (AvgIpc) is 3.65. The van der Waals surface area contributed by atoms with Crippen LogP contribution in [0.1, 0.15) is 68.2 Å². The number of hydrogen-bond donors (Lipinski definition) is 0. The van der Waals surface area contributed by atoms with Gasteiger partial charge in [-0.25, -0.2) is 9.59 Å². The number of carbonyl (C=O) groups is 3. The molecule has 7 atom stereocenters. The second-order valence-electron chi connectivity index (χ2n) is 10.4. The Morgan fingerprint density at radius 1 is 1.00 bits per heavy atom. The van der Waals surface area contributed by atoms with E-state index in [0.29, 0.717) is 29.6 Å². The van der Waals surface area contributed by atoms with Gasteiger partial charge >= 0.3 is 17.9 Å². The van der Waals surface area contributed by atoms with Crippen molar-refractivity contribution in [3.05, 3.63) is 35.5 Å². The minimum absolute atomic E-state index is 0.105. The lowest BCUT2D eigenvalue weighted by atomic mass is 9.73. The highest BCUT2D eigenvalue weighted by atomic mass is 16.7. The Kier molecular flexibility index (Phi) is 7.67.